The smallest absolute Gasteiger partial charge is 0.328 e. The molecule has 0 unspecified atom stereocenters. The van der Waals surface area contributed by atoms with Gasteiger partial charge in [-0.2, -0.15) is 0 Å². The van der Waals surface area contributed by atoms with Gasteiger partial charge < -0.3 is 15.7 Å². The third-order valence-electron chi connectivity index (χ3n) is 2.26. The van der Waals surface area contributed by atoms with E-state index in [1.165, 1.54) is 24.3 Å². The van der Waals surface area contributed by atoms with Gasteiger partial charge in [0.15, 0.2) is 0 Å². The first-order valence-corrected chi connectivity index (χ1v) is 5.74. The molecule has 0 bridgehead atoms. The van der Waals surface area contributed by atoms with E-state index in [1.807, 2.05) is 0 Å². The highest BCUT2D eigenvalue weighted by Crippen LogP contribution is 2.12. The van der Waals surface area contributed by atoms with Crippen LogP contribution in [-0.4, -0.2) is 23.7 Å². The summed E-state index contributed by atoms with van der Waals surface area (Å²) in [6.45, 7) is 2.29. The van der Waals surface area contributed by atoms with Gasteiger partial charge in [-0.1, -0.05) is 6.07 Å². The number of carboxylic acids is 1. The standard InChI is InChI=1S/C13H15FN2O3/c1-2-15-13(19)16-8-10-7-9(3-5-11(10)14)4-6-12(17)18/h3-7H,2,8H2,1H3,(H,17,18)(H2,15,16,19). The first kappa shape index (κ1) is 14.7. The highest BCUT2D eigenvalue weighted by atomic mass is 19.1. The summed E-state index contributed by atoms with van der Waals surface area (Å²) >= 11 is 0. The summed E-state index contributed by atoms with van der Waals surface area (Å²) in [5.41, 5.74) is 0.843. The molecule has 6 heteroatoms. The maximum Gasteiger partial charge on any atom is 0.328 e. The van der Waals surface area contributed by atoms with Crippen molar-refractivity contribution < 1.29 is 19.1 Å². The maximum atomic E-state index is 13.5. The maximum absolute atomic E-state index is 13.5. The van der Waals surface area contributed by atoms with Crippen molar-refractivity contribution in [1.29, 1.82) is 0 Å². The van der Waals surface area contributed by atoms with Gasteiger partial charge in [-0.05, 0) is 30.7 Å². The Hall–Kier alpha value is -2.37. The molecular weight excluding hydrogens is 251 g/mol. The van der Waals surface area contributed by atoms with Crippen molar-refractivity contribution in [2.75, 3.05) is 6.54 Å². The fourth-order valence-corrected chi connectivity index (χ4v) is 1.40. The number of nitrogens with one attached hydrogen (secondary N) is 2. The molecule has 0 aliphatic heterocycles. The molecular formula is C13H15FN2O3. The lowest BCUT2D eigenvalue weighted by Crippen LogP contribution is -2.34. The summed E-state index contributed by atoms with van der Waals surface area (Å²) in [4.78, 5) is 21.6. The SMILES string of the molecule is CCNC(=O)NCc1cc(C=CC(=O)O)ccc1F. The van der Waals surface area contributed by atoms with E-state index in [0.717, 1.165) is 6.08 Å². The molecule has 19 heavy (non-hydrogen) atoms. The van der Waals surface area contributed by atoms with Crippen LogP contribution in [0.1, 0.15) is 18.1 Å². The molecule has 0 heterocycles. The van der Waals surface area contributed by atoms with Crippen molar-refractivity contribution in [3.8, 4) is 0 Å². The van der Waals surface area contributed by atoms with E-state index < -0.39 is 11.8 Å². The van der Waals surface area contributed by atoms with Gasteiger partial charge >= 0.3 is 12.0 Å². The number of carbonyl (C=O) groups is 2. The van der Waals surface area contributed by atoms with E-state index in [-0.39, 0.29) is 12.6 Å². The largest absolute Gasteiger partial charge is 0.478 e. The zero-order valence-corrected chi connectivity index (χ0v) is 10.4. The average Bonchev–Trinajstić information content (AvgIpc) is 2.36. The number of benzene rings is 1. The van der Waals surface area contributed by atoms with Crippen molar-refractivity contribution in [3.05, 3.63) is 41.2 Å². The van der Waals surface area contributed by atoms with Crippen LogP contribution in [0.2, 0.25) is 0 Å². The number of hydrogen-bond acceptors (Lipinski definition) is 2. The van der Waals surface area contributed by atoms with Crippen LogP contribution in [0.3, 0.4) is 0 Å². The molecule has 1 aromatic carbocycles. The van der Waals surface area contributed by atoms with E-state index in [0.29, 0.717) is 17.7 Å². The summed E-state index contributed by atoms with van der Waals surface area (Å²) < 4.78 is 13.5. The Bertz CT molecular complexity index is 501. The van der Waals surface area contributed by atoms with Crippen molar-refractivity contribution in [2.24, 2.45) is 0 Å². The van der Waals surface area contributed by atoms with Gasteiger partial charge in [-0.25, -0.2) is 14.0 Å². The summed E-state index contributed by atoms with van der Waals surface area (Å²) in [6.07, 6.45) is 2.33. The normalized spacial score (nSPS) is 10.4. The highest BCUT2D eigenvalue weighted by Gasteiger charge is 2.05. The van der Waals surface area contributed by atoms with Gasteiger partial charge in [0, 0.05) is 24.7 Å². The average molecular weight is 266 g/mol. The van der Waals surface area contributed by atoms with Gasteiger partial charge in [0.25, 0.3) is 0 Å². The van der Waals surface area contributed by atoms with Gasteiger partial charge in [0.1, 0.15) is 5.82 Å². The molecule has 1 rings (SSSR count). The lowest BCUT2D eigenvalue weighted by Gasteiger charge is -2.07. The summed E-state index contributed by atoms with van der Waals surface area (Å²) in [5, 5.41) is 13.5. The number of carboxylic acid groups (broad SMARTS) is 1. The number of rotatable bonds is 5. The second-order valence-electron chi connectivity index (χ2n) is 3.74. The van der Waals surface area contributed by atoms with Crippen molar-refractivity contribution in [3.63, 3.8) is 0 Å². The molecule has 0 radical (unpaired) electrons. The number of halogens is 1. The molecule has 0 saturated heterocycles. The van der Waals surface area contributed by atoms with Crippen LogP contribution in [0.4, 0.5) is 9.18 Å². The third-order valence-corrected chi connectivity index (χ3v) is 2.26. The number of amides is 2. The monoisotopic (exact) mass is 266 g/mol. The van der Waals surface area contributed by atoms with Crippen molar-refractivity contribution in [1.82, 2.24) is 10.6 Å². The zero-order valence-electron chi connectivity index (χ0n) is 10.4. The second-order valence-corrected chi connectivity index (χ2v) is 3.74. The summed E-state index contributed by atoms with van der Waals surface area (Å²) in [7, 11) is 0. The molecule has 1 aromatic rings. The fourth-order valence-electron chi connectivity index (χ4n) is 1.40. The number of aliphatic carboxylic acids is 1. The van der Waals surface area contributed by atoms with E-state index in [2.05, 4.69) is 10.6 Å². The van der Waals surface area contributed by atoms with Gasteiger partial charge in [0.05, 0.1) is 0 Å². The Morgan fingerprint density at radius 3 is 2.74 bits per heavy atom. The first-order chi connectivity index (χ1) is 9.02. The molecule has 0 aliphatic rings. The van der Waals surface area contributed by atoms with Crippen LogP contribution < -0.4 is 10.6 Å². The van der Waals surface area contributed by atoms with Gasteiger partial charge in [-0.3, -0.25) is 0 Å². The Morgan fingerprint density at radius 1 is 1.37 bits per heavy atom. The second kappa shape index (κ2) is 7.15. The van der Waals surface area contributed by atoms with E-state index >= 15 is 0 Å². The number of carbonyl (C=O) groups excluding carboxylic acids is 1. The predicted octanol–water partition coefficient (Wildman–Crippen LogP) is 1.74. The molecule has 0 aromatic heterocycles. The topological polar surface area (TPSA) is 78.4 Å². The van der Waals surface area contributed by atoms with Crippen molar-refractivity contribution in [2.45, 2.75) is 13.5 Å². The Morgan fingerprint density at radius 2 is 2.11 bits per heavy atom. The van der Waals surface area contributed by atoms with Gasteiger partial charge in [0.2, 0.25) is 0 Å². The third kappa shape index (κ3) is 5.20. The van der Waals surface area contributed by atoms with Crippen LogP contribution in [-0.2, 0) is 11.3 Å². The van der Waals surface area contributed by atoms with E-state index in [1.54, 1.807) is 6.92 Å². The number of hydrogen-bond donors (Lipinski definition) is 3. The molecule has 0 spiro atoms. The first-order valence-electron chi connectivity index (χ1n) is 5.74. The van der Waals surface area contributed by atoms with E-state index in [9.17, 15) is 14.0 Å². The molecule has 0 fully saturated rings. The van der Waals surface area contributed by atoms with Crippen LogP contribution in [0.5, 0.6) is 0 Å². The minimum atomic E-state index is -1.08. The lowest BCUT2D eigenvalue weighted by molar-refractivity contribution is -0.131. The Kier molecular flexibility index (Phi) is 5.53. The Balaban J connectivity index is 2.74. The molecule has 5 nitrogen and oxygen atoms in total. The van der Waals surface area contributed by atoms with Gasteiger partial charge in [-0.15, -0.1) is 0 Å². The summed E-state index contributed by atoms with van der Waals surface area (Å²) in [6, 6.07) is 3.80. The fraction of sp³-hybridized carbons (Fsp3) is 0.231. The molecule has 0 saturated carbocycles. The molecule has 3 N–H and O–H groups in total. The lowest BCUT2D eigenvalue weighted by atomic mass is 10.1. The highest BCUT2D eigenvalue weighted by molar-refractivity contribution is 5.85. The Labute approximate surface area is 110 Å². The predicted molar refractivity (Wildman–Crippen MR) is 69.0 cm³/mol. The minimum absolute atomic E-state index is 0.0341. The van der Waals surface area contributed by atoms with Crippen LogP contribution in [0.15, 0.2) is 24.3 Å². The van der Waals surface area contributed by atoms with Crippen LogP contribution >= 0.6 is 0 Å². The quantitative estimate of drug-likeness (QED) is 0.710. The minimum Gasteiger partial charge on any atom is -0.478 e. The molecule has 2 amide bonds. The van der Waals surface area contributed by atoms with Crippen LogP contribution in [0, 0.1) is 5.82 Å². The molecule has 102 valence electrons. The van der Waals surface area contributed by atoms with E-state index in [4.69, 9.17) is 5.11 Å². The summed E-state index contributed by atoms with van der Waals surface area (Å²) in [5.74, 6) is -1.53. The van der Waals surface area contributed by atoms with Crippen LogP contribution in [0.25, 0.3) is 6.08 Å². The molecule has 0 atom stereocenters. The van der Waals surface area contributed by atoms with Crippen molar-refractivity contribution >= 4 is 18.1 Å². The molecule has 0 aliphatic carbocycles. The number of urea groups is 1. The zero-order chi connectivity index (χ0) is 14.3.